The highest BCUT2D eigenvalue weighted by Crippen LogP contribution is 2.36. The van der Waals surface area contributed by atoms with Crippen molar-refractivity contribution in [2.45, 2.75) is 38.5 Å². The molecule has 1 N–H and O–H groups in total. The first-order valence-corrected chi connectivity index (χ1v) is 11.3. The van der Waals surface area contributed by atoms with E-state index >= 15 is 0 Å². The molecule has 1 aliphatic carbocycles. The van der Waals surface area contributed by atoms with E-state index < -0.39 is 16.3 Å². The van der Waals surface area contributed by atoms with Crippen LogP contribution in [0.5, 0.6) is 5.75 Å². The summed E-state index contributed by atoms with van der Waals surface area (Å²) >= 11 is 0. The van der Waals surface area contributed by atoms with Crippen LogP contribution in [0, 0.1) is 5.92 Å². The summed E-state index contributed by atoms with van der Waals surface area (Å²) in [6.45, 7) is 2.12. The molecule has 29 heavy (non-hydrogen) atoms. The van der Waals surface area contributed by atoms with Gasteiger partial charge in [-0.05, 0) is 48.9 Å². The molecule has 1 fully saturated rings. The normalized spacial score (nSPS) is 16.8. The molecule has 2 aromatic rings. The molecule has 0 unspecified atom stereocenters. The molecule has 7 heteroatoms. The number of hydrogen-bond acceptors (Lipinski definition) is 4. The van der Waals surface area contributed by atoms with E-state index in [-0.39, 0.29) is 19.1 Å². The van der Waals surface area contributed by atoms with Crippen LogP contribution in [0.2, 0.25) is 0 Å². The second-order valence-electron chi connectivity index (χ2n) is 7.67. The first-order chi connectivity index (χ1) is 13.8. The molecule has 0 saturated heterocycles. The monoisotopic (exact) mass is 418 g/mol. The van der Waals surface area contributed by atoms with Crippen molar-refractivity contribution in [2.75, 3.05) is 20.7 Å². The average molecular weight is 419 g/mol. The van der Waals surface area contributed by atoms with Gasteiger partial charge in [-0.1, -0.05) is 42.5 Å². The maximum absolute atomic E-state index is 13.4. The highest BCUT2D eigenvalue weighted by atomic mass is 32.2. The molecule has 0 heterocycles. The van der Waals surface area contributed by atoms with Crippen molar-refractivity contribution in [1.82, 2.24) is 8.61 Å². The number of aliphatic hydroxyl groups is 1. The van der Waals surface area contributed by atoms with Gasteiger partial charge in [0, 0.05) is 26.2 Å². The number of aliphatic hydroxyl groups excluding tert-OH is 1. The molecule has 0 amide bonds. The quantitative estimate of drug-likeness (QED) is 0.643. The Kier molecular flexibility index (Phi) is 6.95. The first kappa shape index (κ1) is 21.8. The summed E-state index contributed by atoms with van der Waals surface area (Å²) in [6.07, 6.45) is 1.16. The van der Waals surface area contributed by atoms with Crippen molar-refractivity contribution in [3.63, 3.8) is 0 Å². The lowest BCUT2D eigenvalue weighted by atomic mass is 10.1. The second kappa shape index (κ2) is 9.26. The Labute approximate surface area is 173 Å². The summed E-state index contributed by atoms with van der Waals surface area (Å²) in [5, 5.41) is 10.8. The zero-order chi connectivity index (χ0) is 21.0. The van der Waals surface area contributed by atoms with Gasteiger partial charge in [-0.2, -0.15) is 17.0 Å². The van der Waals surface area contributed by atoms with Gasteiger partial charge in [0.1, 0.15) is 5.75 Å². The van der Waals surface area contributed by atoms with Crippen molar-refractivity contribution in [3.05, 3.63) is 65.7 Å². The summed E-state index contributed by atoms with van der Waals surface area (Å²) in [5.74, 6) is 1.04. The lowest BCUT2D eigenvalue weighted by Gasteiger charge is -2.32. The van der Waals surface area contributed by atoms with E-state index in [0.717, 1.165) is 18.4 Å². The molecule has 0 bridgehead atoms. The van der Waals surface area contributed by atoms with E-state index in [4.69, 9.17) is 4.74 Å². The zero-order valence-corrected chi connectivity index (χ0v) is 18.0. The molecule has 1 aliphatic rings. The summed E-state index contributed by atoms with van der Waals surface area (Å²) in [4.78, 5) is 0. The van der Waals surface area contributed by atoms with E-state index in [1.54, 1.807) is 38.4 Å². The number of methoxy groups -OCH3 is 1. The minimum atomic E-state index is -3.75. The fourth-order valence-corrected chi connectivity index (χ4v) is 5.04. The molecule has 0 aliphatic heterocycles. The van der Waals surface area contributed by atoms with Gasteiger partial charge in [0.05, 0.1) is 13.2 Å². The molecule has 6 nitrogen and oxygen atoms in total. The molecule has 0 radical (unpaired) electrons. The van der Waals surface area contributed by atoms with Gasteiger partial charge >= 0.3 is 0 Å². The molecular formula is C22H30N2O4S. The predicted octanol–water partition coefficient (Wildman–Crippen LogP) is 3.21. The van der Waals surface area contributed by atoms with Crippen LogP contribution in [0.1, 0.15) is 37.0 Å². The SMILES string of the molecule is COc1cccc([C@H](O)CN(Cc2ccccc2)S(=O)(=O)N(C)[C@@H](C)C2CC2)c1. The van der Waals surface area contributed by atoms with E-state index in [2.05, 4.69) is 0 Å². The van der Waals surface area contributed by atoms with Crippen molar-refractivity contribution < 1.29 is 18.3 Å². The predicted molar refractivity (Wildman–Crippen MR) is 114 cm³/mol. The van der Waals surface area contributed by atoms with Crippen molar-refractivity contribution in [1.29, 1.82) is 0 Å². The topological polar surface area (TPSA) is 70.1 Å². The summed E-state index contributed by atoms with van der Waals surface area (Å²) in [6, 6.07) is 16.5. The molecule has 2 atom stereocenters. The van der Waals surface area contributed by atoms with E-state index in [9.17, 15) is 13.5 Å². The smallest absolute Gasteiger partial charge is 0.282 e. The average Bonchev–Trinajstić information content (AvgIpc) is 3.58. The van der Waals surface area contributed by atoms with Crippen molar-refractivity contribution in [3.8, 4) is 5.75 Å². The highest BCUT2D eigenvalue weighted by molar-refractivity contribution is 7.86. The second-order valence-corrected chi connectivity index (χ2v) is 9.66. The Hall–Kier alpha value is -1.93. The fourth-order valence-electron chi connectivity index (χ4n) is 3.44. The molecular weight excluding hydrogens is 388 g/mol. The Morgan fingerprint density at radius 1 is 1.14 bits per heavy atom. The Morgan fingerprint density at radius 2 is 1.83 bits per heavy atom. The lowest BCUT2D eigenvalue weighted by molar-refractivity contribution is 0.141. The van der Waals surface area contributed by atoms with Crippen LogP contribution in [0.4, 0.5) is 0 Å². The third kappa shape index (κ3) is 5.36. The van der Waals surface area contributed by atoms with Crippen LogP contribution >= 0.6 is 0 Å². The van der Waals surface area contributed by atoms with Crippen LogP contribution in [-0.4, -0.2) is 48.9 Å². The highest BCUT2D eigenvalue weighted by Gasteiger charge is 2.38. The Morgan fingerprint density at radius 3 is 2.45 bits per heavy atom. The molecule has 3 rings (SSSR count). The fraction of sp³-hybridized carbons (Fsp3) is 0.455. The number of hydrogen-bond donors (Lipinski definition) is 1. The summed E-state index contributed by atoms with van der Waals surface area (Å²) < 4.78 is 34.9. The molecule has 1 saturated carbocycles. The minimum absolute atomic E-state index is 0.0356. The van der Waals surface area contributed by atoms with Crippen LogP contribution in [0.15, 0.2) is 54.6 Å². The van der Waals surface area contributed by atoms with Gasteiger partial charge in [0.25, 0.3) is 10.2 Å². The van der Waals surface area contributed by atoms with E-state index in [0.29, 0.717) is 17.2 Å². The van der Waals surface area contributed by atoms with Gasteiger partial charge in [-0.15, -0.1) is 0 Å². The number of nitrogens with zero attached hydrogens (tertiary/aromatic N) is 2. The van der Waals surface area contributed by atoms with E-state index in [1.165, 1.54) is 8.61 Å². The van der Waals surface area contributed by atoms with Crippen molar-refractivity contribution >= 4 is 10.2 Å². The Bertz CT molecular complexity index is 900. The van der Waals surface area contributed by atoms with Gasteiger partial charge in [0.15, 0.2) is 0 Å². The largest absolute Gasteiger partial charge is 0.497 e. The van der Waals surface area contributed by atoms with Gasteiger partial charge in [-0.3, -0.25) is 0 Å². The van der Waals surface area contributed by atoms with Crippen LogP contribution in [0.3, 0.4) is 0 Å². The number of benzene rings is 2. The third-order valence-corrected chi connectivity index (χ3v) is 7.62. The van der Waals surface area contributed by atoms with Crippen LogP contribution in [0.25, 0.3) is 0 Å². The first-order valence-electron chi connectivity index (χ1n) is 9.92. The molecule has 0 aromatic heterocycles. The standard InChI is InChI=1S/C22H30N2O4S/c1-17(19-12-13-19)23(2)29(26,27)24(15-18-8-5-4-6-9-18)16-22(25)20-10-7-11-21(14-20)28-3/h4-11,14,17,19,22,25H,12-13,15-16H2,1-3H3/t17-,22+/m0/s1. The summed E-state index contributed by atoms with van der Waals surface area (Å²) in [5.41, 5.74) is 1.50. The molecule has 2 aromatic carbocycles. The summed E-state index contributed by atoms with van der Waals surface area (Å²) in [7, 11) is -0.552. The minimum Gasteiger partial charge on any atom is -0.497 e. The Balaban J connectivity index is 1.85. The molecule has 0 spiro atoms. The molecule has 158 valence electrons. The lowest BCUT2D eigenvalue weighted by Crippen LogP contribution is -2.47. The van der Waals surface area contributed by atoms with Crippen LogP contribution in [-0.2, 0) is 16.8 Å². The number of ether oxygens (including phenoxy) is 1. The van der Waals surface area contributed by atoms with Crippen LogP contribution < -0.4 is 4.74 Å². The third-order valence-electron chi connectivity index (χ3n) is 5.62. The maximum Gasteiger partial charge on any atom is 0.282 e. The van der Waals surface area contributed by atoms with E-state index in [1.807, 2.05) is 37.3 Å². The van der Waals surface area contributed by atoms with Crippen molar-refractivity contribution in [2.24, 2.45) is 5.92 Å². The number of rotatable bonds is 10. The van der Waals surface area contributed by atoms with Gasteiger partial charge < -0.3 is 9.84 Å². The van der Waals surface area contributed by atoms with Gasteiger partial charge in [0.2, 0.25) is 0 Å². The maximum atomic E-state index is 13.4. The zero-order valence-electron chi connectivity index (χ0n) is 17.2. The van der Waals surface area contributed by atoms with Gasteiger partial charge in [-0.25, -0.2) is 0 Å².